The molecule has 2 heterocycles. The number of carbonyl (C=O) groups excluding carboxylic acids is 1. The fraction of sp³-hybridized carbons (Fsp3) is 0.375. The van der Waals surface area contributed by atoms with Crippen molar-refractivity contribution in [2.75, 3.05) is 18.1 Å². The van der Waals surface area contributed by atoms with Gasteiger partial charge in [0.25, 0.3) is 5.91 Å². The zero-order valence-corrected chi connectivity index (χ0v) is 13.1. The fourth-order valence-electron chi connectivity index (χ4n) is 2.47. The molecule has 0 spiro atoms. The van der Waals surface area contributed by atoms with E-state index in [2.05, 4.69) is 10.3 Å². The summed E-state index contributed by atoms with van der Waals surface area (Å²) in [5.74, 6) is 1.75. The Hall–Kier alpha value is -1.79. The van der Waals surface area contributed by atoms with Crippen LogP contribution in [-0.2, 0) is 0 Å². The monoisotopic (exact) mass is 317 g/mol. The molecule has 0 bridgehead atoms. The topological polar surface area (TPSA) is 67.2 Å². The molecule has 1 aromatic carbocycles. The van der Waals surface area contributed by atoms with Gasteiger partial charge in [-0.25, -0.2) is 4.98 Å². The van der Waals surface area contributed by atoms with Gasteiger partial charge < -0.3 is 15.0 Å². The highest BCUT2D eigenvalue weighted by Gasteiger charge is 2.29. The number of hydrogen-bond donors (Lipinski definition) is 2. The predicted octanol–water partition coefficient (Wildman–Crippen LogP) is 1.86. The average molecular weight is 317 g/mol. The summed E-state index contributed by atoms with van der Waals surface area (Å²) in [6.07, 6.45) is 6.75. The maximum Gasteiger partial charge on any atom is 0.251 e. The summed E-state index contributed by atoms with van der Waals surface area (Å²) in [6.45, 7) is 0.315. The van der Waals surface area contributed by atoms with Gasteiger partial charge in [-0.05, 0) is 48.6 Å². The first-order valence-electron chi connectivity index (χ1n) is 7.33. The number of hydrogen-bond acceptors (Lipinski definition) is 4. The Kier molecular flexibility index (Phi) is 4.49. The summed E-state index contributed by atoms with van der Waals surface area (Å²) < 4.78 is 1.88. The molecule has 0 unspecified atom stereocenters. The largest absolute Gasteiger partial charge is 0.388 e. The summed E-state index contributed by atoms with van der Waals surface area (Å²) in [4.78, 5) is 16.2. The van der Waals surface area contributed by atoms with E-state index in [1.54, 1.807) is 24.7 Å². The van der Waals surface area contributed by atoms with Gasteiger partial charge in [0.1, 0.15) is 0 Å². The van der Waals surface area contributed by atoms with Gasteiger partial charge in [0.2, 0.25) is 0 Å². The fourth-order valence-corrected chi connectivity index (χ4v) is 3.72. The Morgan fingerprint density at radius 2 is 2.05 bits per heavy atom. The molecular formula is C16H19N3O2S. The number of carbonyl (C=O) groups is 1. The maximum atomic E-state index is 12.2. The first kappa shape index (κ1) is 15.1. The van der Waals surface area contributed by atoms with E-state index in [0.717, 1.165) is 30.0 Å². The van der Waals surface area contributed by atoms with Crippen LogP contribution < -0.4 is 5.32 Å². The van der Waals surface area contributed by atoms with Crippen molar-refractivity contribution in [2.45, 2.75) is 18.4 Å². The van der Waals surface area contributed by atoms with Crippen LogP contribution in [0.1, 0.15) is 23.2 Å². The van der Waals surface area contributed by atoms with Gasteiger partial charge in [-0.3, -0.25) is 4.79 Å². The Labute approximate surface area is 133 Å². The molecule has 0 atom stereocenters. The Balaban J connectivity index is 1.60. The van der Waals surface area contributed by atoms with Crippen LogP contribution in [-0.4, -0.2) is 44.2 Å². The number of nitrogens with zero attached hydrogens (tertiary/aromatic N) is 2. The molecule has 0 radical (unpaired) electrons. The minimum absolute atomic E-state index is 0.149. The van der Waals surface area contributed by atoms with Gasteiger partial charge in [0, 0.05) is 30.2 Å². The molecule has 1 aromatic heterocycles. The molecule has 2 N–H and O–H groups in total. The first-order valence-corrected chi connectivity index (χ1v) is 8.49. The number of amides is 1. The van der Waals surface area contributed by atoms with Crippen LogP contribution in [0.5, 0.6) is 0 Å². The van der Waals surface area contributed by atoms with Gasteiger partial charge in [0.15, 0.2) is 0 Å². The van der Waals surface area contributed by atoms with E-state index in [1.807, 2.05) is 34.7 Å². The predicted molar refractivity (Wildman–Crippen MR) is 87.4 cm³/mol. The lowest BCUT2D eigenvalue weighted by Gasteiger charge is -2.31. The highest BCUT2D eigenvalue weighted by atomic mass is 32.2. The van der Waals surface area contributed by atoms with E-state index in [1.165, 1.54) is 0 Å². The molecule has 0 aliphatic carbocycles. The molecule has 22 heavy (non-hydrogen) atoms. The molecule has 1 amide bonds. The van der Waals surface area contributed by atoms with E-state index >= 15 is 0 Å². The second-order valence-electron chi connectivity index (χ2n) is 5.54. The lowest BCUT2D eigenvalue weighted by molar-refractivity contribution is 0.0311. The lowest BCUT2D eigenvalue weighted by Crippen LogP contribution is -2.45. The zero-order chi connectivity index (χ0) is 15.4. The van der Waals surface area contributed by atoms with E-state index < -0.39 is 5.60 Å². The second kappa shape index (κ2) is 6.54. The summed E-state index contributed by atoms with van der Waals surface area (Å²) in [7, 11) is 0. The molecule has 1 fully saturated rings. The normalized spacial score (nSPS) is 17.1. The third kappa shape index (κ3) is 3.51. The minimum atomic E-state index is -0.752. The maximum absolute atomic E-state index is 12.2. The van der Waals surface area contributed by atoms with Gasteiger partial charge in [0.05, 0.1) is 11.9 Å². The van der Waals surface area contributed by atoms with Crippen molar-refractivity contribution in [3.05, 3.63) is 48.5 Å². The number of thioether (sulfide) groups is 1. The summed E-state index contributed by atoms with van der Waals surface area (Å²) >= 11 is 1.85. The number of aliphatic hydroxyl groups is 1. The molecule has 1 saturated heterocycles. The van der Waals surface area contributed by atoms with E-state index in [9.17, 15) is 9.90 Å². The Morgan fingerprint density at radius 3 is 2.68 bits per heavy atom. The number of benzene rings is 1. The van der Waals surface area contributed by atoms with Crippen LogP contribution in [0.25, 0.3) is 5.69 Å². The van der Waals surface area contributed by atoms with Crippen molar-refractivity contribution in [2.24, 2.45) is 0 Å². The minimum Gasteiger partial charge on any atom is -0.388 e. The van der Waals surface area contributed by atoms with Crippen LogP contribution in [0.2, 0.25) is 0 Å². The van der Waals surface area contributed by atoms with Gasteiger partial charge in [-0.2, -0.15) is 11.8 Å². The summed E-state index contributed by atoms with van der Waals surface area (Å²) in [5.41, 5.74) is 0.798. The van der Waals surface area contributed by atoms with Crippen LogP contribution in [0.15, 0.2) is 43.0 Å². The molecule has 3 rings (SSSR count). The summed E-state index contributed by atoms with van der Waals surface area (Å²) in [5, 5.41) is 13.2. The lowest BCUT2D eigenvalue weighted by atomic mass is 9.97. The SMILES string of the molecule is O=C(NCC1(O)CCSCC1)c1ccc(-n2ccnc2)cc1. The van der Waals surface area contributed by atoms with Crippen molar-refractivity contribution < 1.29 is 9.90 Å². The third-order valence-corrected chi connectivity index (χ3v) is 4.92. The molecule has 6 heteroatoms. The van der Waals surface area contributed by atoms with E-state index in [0.29, 0.717) is 12.1 Å². The van der Waals surface area contributed by atoms with Gasteiger partial charge in [-0.1, -0.05) is 0 Å². The average Bonchev–Trinajstić information content (AvgIpc) is 3.08. The Bertz CT molecular complexity index is 619. The van der Waals surface area contributed by atoms with Crippen molar-refractivity contribution in [1.82, 2.24) is 14.9 Å². The number of rotatable bonds is 4. The molecule has 116 valence electrons. The Morgan fingerprint density at radius 1 is 1.32 bits per heavy atom. The second-order valence-corrected chi connectivity index (χ2v) is 6.76. The summed E-state index contributed by atoms with van der Waals surface area (Å²) in [6, 6.07) is 7.32. The van der Waals surface area contributed by atoms with E-state index in [-0.39, 0.29) is 5.91 Å². The van der Waals surface area contributed by atoms with Crippen molar-refractivity contribution in [3.63, 3.8) is 0 Å². The molecule has 5 nitrogen and oxygen atoms in total. The molecule has 2 aromatic rings. The van der Waals surface area contributed by atoms with Crippen molar-refractivity contribution in [1.29, 1.82) is 0 Å². The quantitative estimate of drug-likeness (QED) is 0.903. The van der Waals surface area contributed by atoms with Crippen molar-refractivity contribution in [3.8, 4) is 5.69 Å². The number of imidazole rings is 1. The highest BCUT2D eigenvalue weighted by molar-refractivity contribution is 7.99. The van der Waals surface area contributed by atoms with Crippen LogP contribution in [0, 0.1) is 0 Å². The molecule has 0 saturated carbocycles. The number of nitrogens with one attached hydrogen (secondary N) is 1. The van der Waals surface area contributed by atoms with Gasteiger partial charge >= 0.3 is 0 Å². The molecule has 1 aliphatic heterocycles. The van der Waals surface area contributed by atoms with Crippen LogP contribution in [0.3, 0.4) is 0 Å². The van der Waals surface area contributed by atoms with Gasteiger partial charge in [-0.15, -0.1) is 0 Å². The van der Waals surface area contributed by atoms with E-state index in [4.69, 9.17) is 0 Å². The zero-order valence-electron chi connectivity index (χ0n) is 12.2. The van der Waals surface area contributed by atoms with Crippen LogP contribution in [0.4, 0.5) is 0 Å². The molecular weight excluding hydrogens is 298 g/mol. The van der Waals surface area contributed by atoms with Crippen LogP contribution >= 0.6 is 11.8 Å². The molecule has 1 aliphatic rings. The highest BCUT2D eigenvalue weighted by Crippen LogP contribution is 2.26. The smallest absolute Gasteiger partial charge is 0.251 e. The standard InChI is InChI=1S/C16H19N3O2S/c20-15(18-11-16(21)5-9-22-10-6-16)13-1-3-14(4-2-13)19-8-7-17-12-19/h1-4,7-8,12,21H,5-6,9-11H2,(H,18,20). The van der Waals surface area contributed by atoms with Crippen molar-refractivity contribution >= 4 is 17.7 Å². The first-order chi connectivity index (χ1) is 10.7. The number of aromatic nitrogens is 2. The third-order valence-electron chi connectivity index (χ3n) is 3.93.